The predicted octanol–water partition coefficient (Wildman–Crippen LogP) is 3.14. The highest BCUT2D eigenvalue weighted by Gasteiger charge is 2.34. The van der Waals surface area contributed by atoms with E-state index in [0.717, 1.165) is 6.61 Å². The number of benzene rings is 1. The average Bonchev–Trinajstić information content (AvgIpc) is 2.45. The van der Waals surface area contributed by atoms with Crippen LogP contribution in [0, 0.1) is 0 Å². The van der Waals surface area contributed by atoms with Gasteiger partial charge < -0.3 is 4.74 Å². The van der Waals surface area contributed by atoms with E-state index in [4.69, 9.17) is 4.74 Å². The SMILES string of the molecule is C[Si](C)(C)C1OCc2ccccc21. The van der Waals surface area contributed by atoms with E-state index < -0.39 is 8.07 Å². The van der Waals surface area contributed by atoms with Crippen molar-refractivity contribution in [2.45, 2.75) is 32.0 Å². The molecule has 0 saturated carbocycles. The first kappa shape index (κ1) is 8.97. The second kappa shape index (κ2) is 2.96. The minimum Gasteiger partial charge on any atom is -0.372 e. The third-order valence-corrected chi connectivity index (χ3v) is 4.58. The van der Waals surface area contributed by atoms with Crippen molar-refractivity contribution in [3.8, 4) is 0 Å². The molecule has 0 amide bonds. The maximum Gasteiger partial charge on any atom is 0.0842 e. The fourth-order valence-electron chi connectivity index (χ4n) is 1.90. The van der Waals surface area contributed by atoms with Crippen molar-refractivity contribution in [2.75, 3.05) is 0 Å². The van der Waals surface area contributed by atoms with Crippen LogP contribution in [0.15, 0.2) is 24.3 Å². The predicted molar refractivity (Wildman–Crippen MR) is 57.3 cm³/mol. The van der Waals surface area contributed by atoms with Gasteiger partial charge in [-0.1, -0.05) is 43.9 Å². The van der Waals surface area contributed by atoms with Gasteiger partial charge in [-0.05, 0) is 11.1 Å². The number of fused-ring (bicyclic) bond motifs is 1. The molecule has 2 heteroatoms. The van der Waals surface area contributed by atoms with Gasteiger partial charge in [0, 0.05) is 0 Å². The lowest BCUT2D eigenvalue weighted by atomic mass is 10.1. The summed E-state index contributed by atoms with van der Waals surface area (Å²) >= 11 is 0. The van der Waals surface area contributed by atoms with Gasteiger partial charge in [-0.2, -0.15) is 0 Å². The van der Waals surface area contributed by atoms with Gasteiger partial charge in [0.2, 0.25) is 0 Å². The molecule has 1 aliphatic rings. The molecule has 0 radical (unpaired) electrons. The molecule has 0 aliphatic carbocycles. The van der Waals surface area contributed by atoms with Crippen molar-refractivity contribution >= 4 is 8.07 Å². The topological polar surface area (TPSA) is 9.23 Å². The molecule has 1 atom stereocenters. The molecule has 2 rings (SSSR count). The van der Waals surface area contributed by atoms with E-state index in [1.165, 1.54) is 11.1 Å². The zero-order valence-electron chi connectivity index (χ0n) is 8.50. The Morgan fingerprint density at radius 1 is 1.23 bits per heavy atom. The van der Waals surface area contributed by atoms with Gasteiger partial charge >= 0.3 is 0 Å². The summed E-state index contributed by atoms with van der Waals surface area (Å²) < 4.78 is 5.85. The largest absolute Gasteiger partial charge is 0.372 e. The van der Waals surface area contributed by atoms with Crippen LogP contribution in [0.25, 0.3) is 0 Å². The summed E-state index contributed by atoms with van der Waals surface area (Å²) in [6.45, 7) is 7.89. The van der Waals surface area contributed by atoms with E-state index in [9.17, 15) is 0 Å². The number of hydrogen-bond donors (Lipinski definition) is 0. The Labute approximate surface area is 80.7 Å². The molecule has 0 saturated heterocycles. The smallest absolute Gasteiger partial charge is 0.0842 e. The van der Waals surface area contributed by atoms with Gasteiger partial charge in [-0.15, -0.1) is 0 Å². The van der Waals surface area contributed by atoms with Crippen molar-refractivity contribution in [2.24, 2.45) is 0 Å². The molecule has 1 aromatic rings. The summed E-state index contributed by atoms with van der Waals surface area (Å²) in [5.74, 6) is 0. The molecule has 0 bridgehead atoms. The van der Waals surface area contributed by atoms with Crippen LogP contribution in [0.4, 0.5) is 0 Å². The molecule has 1 nitrogen and oxygen atoms in total. The summed E-state index contributed by atoms with van der Waals surface area (Å²) in [5, 5.41) is 0. The van der Waals surface area contributed by atoms with Crippen LogP contribution in [0.5, 0.6) is 0 Å². The van der Waals surface area contributed by atoms with Crippen LogP contribution < -0.4 is 0 Å². The first-order valence-electron chi connectivity index (χ1n) is 4.78. The third-order valence-electron chi connectivity index (χ3n) is 2.53. The number of hydrogen-bond acceptors (Lipinski definition) is 1. The van der Waals surface area contributed by atoms with E-state index in [-0.39, 0.29) is 0 Å². The fraction of sp³-hybridized carbons (Fsp3) is 0.455. The minimum absolute atomic E-state index is 0.406. The Kier molecular flexibility index (Phi) is 2.04. The van der Waals surface area contributed by atoms with E-state index in [1.807, 2.05) is 0 Å². The molecule has 0 N–H and O–H groups in total. The van der Waals surface area contributed by atoms with Crippen LogP contribution in [0.2, 0.25) is 19.6 Å². The highest BCUT2D eigenvalue weighted by Crippen LogP contribution is 2.36. The average molecular weight is 192 g/mol. The van der Waals surface area contributed by atoms with Gasteiger partial charge in [-0.25, -0.2) is 0 Å². The highest BCUT2D eigenvalue weighted by molar-refractivity contribution is 6.77. The summed E-state index contributed by atoms with van der Waals surface area (Å²) in [4.78, 5) is 0. The van der Waals surface area contributed by atoms with Crippen LogP contribution in [0.1, 0.15) is 16.9 Å². The Hall–Kier alpha value is -0.603. The van der Waals surface area contributed by atoms with Crippen molar-refractivity contribution in [1.29, 1.82) is 0 Å². The molecule has 0 fully saturated rings. The Bertz CT molecular complexity index is 314. The van der Waals surface area contributed by atoms with Gasteiger partial charge in [-0.3, -0.25) is 0 Å². The first-order chi connectivity index (χ1) is 6.09. The van der Waals surface area contributed by atoms with E-state index in [0.29, 0.717) is 5.73 Å². The molecule has 1 aliphatic heterocycles. The van der Waals surface area contributed by atoms with Crippen LogP contribution >= 0.6 is 0 Å². The van der Waals surface area contributed by atoms with Gasteiger partial charge in [0.05, 0.1) is 20.4 Å². The van der Waals surface area contributed by atoms with Crippen molar-refractivity contribution < 1.29 is 4.74 Å². The molecule has 0 aromatic heterocycles. The summed E-state index contributed by atoms with van der Waals surface area (Å²) in [6, 6.07) is 8.59. The van der Waals surface area contributed by atoms with Crippen LogP contribution in [0.3, 0.4) is 0 Å². The zero-order chi connectivity index (χ0) is 9.47. The van der Waals surface area contributed by atoms with Crippen molar-refractivity contribution in [3.05, 3.63) is 35.4 Å². The maximum absolute atomic E-state index is 5.85. The normalized spacial score (nSPS) is 21.6. The molecule has 1 aromatic carbocycles. The van der Waals surface area contributed by atoms with Crippen molar-refractivity contribution in [3.63, 3.8) is 0 Å². The van der Waals surface area contributed by atoms with Crippen LogP contribution in [-0.4, -0.2) is 8.07 Å². The number of rotatable bonds is 1. The second-order valence-corrected chi connectivity index (χ2v) is 10.0. The summed E-state index contributed by atoms with van der Waals surface area (Å²) in [7, 11) is -1.20. The minimum atomic E-state index is -1.20. The molecular formula is C11H16OSi. The van der Waals surface area contributed by atoms with E-state index in [1.54, 1.807) is 0 Å². The van der Waals surface area contributed by atoms with Crippen LogP contribution in [-0.2, 0) is 11.3 Å². The highest BCUT2D eigenvalue weighted by atomic mass is 28.3. The molecule has 0 spiro atoms. The molecular weight excluding hydrogens is 176 g/mol. The number of ether oxygens (including phenoxy) is 1. The Balaban J connectivity index is 2.39. The standard InChI is InChI=1S/C11H16OSi/c1-13(2,3)11-10-7-5-4-6-9(10)8-12-11/h4-7,11H,8H2,1-3H3. The third kappa shape index (κ3) is 1.56. The first-order valence-corrected chi connectivity index (χ1v) is 8.36. The Morgan fingerprint density at radius 3 is 2.62 bits per heavy atom. The van der Waals surface area contributed by atoms with Crippen molar-refractivity contribution in [1.82, 2.24) is 0 Å². The van der Waals surface area contributed by atoms with E-state index in [2.05, 4.69) is 43.9 Å². The van der Waals surface area contributed by atoms with Gasteiger partial charge in [0.1, 0.15) is 0 Å². The fourth-order valence-corrected chi connectivity index (χ4v) is 3.70. The molecule has 70 valence electrons. The molecule has 1 heterocycles. The second-order valence-electron chi connectivity index (χ2n) is 4.76. The van der Waals surface area contributed by atoms with Gasteiger partial charge in [0.25, 0.3) is 0 Å². The lowest BCUT2D eigenvalue weighted by molar-refractivity contribution is 0.114. The molecule has 1 unspecified atom stereocenters. The Morgan fingerprint density at radius 2 is 1.92 bits per heavy atom. The monoisotopic (exact) mass is 192 g/mol. The quantitative estimate of drug-likeness (QED) is 0.621. The maximum atomic E-state index is 5.85. The summed E-state index contributed by atoms with van der Waals surface area (Å²) in [5.41, 5.74) is 3.22. The summed E-state index contributed by atoms with van der Waals surface area (Å²) in [6.07, 6.45) is 0. The zero-order valence-corrected chi connectivity index (χ0v) is 9.50. The lowest BCUT2D eigenvalue weighted by Gasteiger charge is -2.24. The van der Waals surface area contributed by atoms with Gasteiger partial charge in [0.15, 0.2) is 0 Å². The lowest BCUT2D eigenvalue weighted by Crippen LogP contribution is -2.30. The van der Waals surface area contributed by atoms with E-state index >= 15 is 0 Å². The molecule has 13 heavy (non-hydrogen) atoms.